The van der Waals surface area contributed by atoms with Gasteiger partial charge in [0.1, 0.15) is 0 Å². The van der Waals surface area contributed by atoms with Gasteiger partial charge in [0.25, 0.3) is 5.91 Å². The molecule has 0 spiro atoms. The first-order valence-corrected chi connectivity index (χ1v) is 6.82. The topological polar surface area (TPSA) is 48.5 Å². The van der Waals surface area contributed by atoms with Crippen LogP contribution in [0.15, 0.2) is 18.5 Å². The summed E-state index contributed by atoms with van der Waals surface area (Å²) in [7, 11) is 3.67. The lowest BCUT2D eigenvalue weighted by atomic mass is 10.2. The number of carbonyl (C=O) groups excluding carboxylic acids is 1. The van der Waals surface area contributed by atoms with Crippen LogP contribution in [0.4, 0.5) is 5.69 Å². The molecule has 1 fully saturated rings. The second-order valence-electron chi connectivity index (χ2n) is 4.95. The number of rotatable bonds is 5. The van der Waals surface area contributed by atoms with E-state index in [9.17, 15) is 4.79 Å². The van der Waals surface area contributed by atoms with Gasteiger partial charge in [0, 0.05) is 45.3 Å². The SMILES string of the molecule is CNc1ccncc1C(=O)N(C)CCN1CCCC1. The fourth-order valence-electron chi connectivity index (χ4n) is 2.39. The van der Waals surface area contributed by atoms with E-state index in [1.54, 1.807) is 17.3 Å². The number of nitrogens with one attached hydrogen (secondary N) is 1. The summed E-state index contributed by atoms with van der Waals surface area (Å²) in [4.78, 5) is 20.6. The number of amides is 1. The van der Waals surface area contributed by atoms with Crippen LogP contribution in [-0.2, 0) is 0 Å². The number of hydrogen-bond acceptors (Lipinski definition) is 4. The van der Waals surface area contributed by atoms with E-state index in [-0.39, 0.29) is 5.91 Å². The number of aromatic nitrogens is 1. The molecule has 1 aromatic rings. The van der Waals surface area contributed by atoms with Gasteiger partial charge in [0.15, 0.2) is 0 Å². The predicted octanol–water partition coefficient (Wildman–Crippen LogP) is 1.29. The fourth-order valence-corrected chi connectivity index (χ4v) is 2.39. The van der Waals surface area contributed by atoms with Gasteiger partial charge in [-0.05, 0) is 32.0 Å². The van der Waals surface area contributed by atoms with Crippen molar-refractivity contribution in [1.82, 2.24) is 14.8 Å². The number of anilines is 1. The lowest BCUT2D eigenvalue weighted by Gasteiger charge is -2.22. The molecule has 0 atom stereocenters. The maximum absolute atomic E-state index is 12.4. The van der Waals surface area contributed by atoms with Crippen LogP contribution in [0.5, 0.6) is 0 Å². The van der Waals surface area contributed by atoms with Crippen LogP contribution in [0.2, 0.25) is 0 Å². The zero-order chi connectivity index (χ0) is 13.7. The van der Waals surface area contributed by atoms with Crippen LogP contribution in [0.1, 0.15) is 23.2 Å². The van der Waals surface area contributed by atoms with Gasteiger partial charge in [-0.3, -0.25) is 9.78 Å². The summed E-state index contributed by atoms with van der Waals surface area (Å²) >= 11 is 0. The Hall–Kier alpha value is -1.62. The number of likely N-dealkylation sites (tertiary alicyclic amines) is 1. The standard InChI is InChI=1S/C14H22N4O/c1-15-13-5-6-16-11-12(13)14(19)17(2)9-10-18-7-3-4-8-18/h5-6,11H,3-4,7-10H2,1-2H3,(H,15,16). The molecule has 1 aromatic heterocycles. The highest BCUT2D eigenvalue weighted by atomic mass is 16.2. The smallest absolute Gasteiger partial charge is 0.257 e. The lowest BCUT2D eigenvalue weighted by molar-refractivity contribution is 0.0783. The highest BCUT2D eigenvalue weighted by Crippen LogP contribution is 2.15. The van der Waals surface area contributed by atoms with E-state index in [0.29, 0.717) is 5.56 Å². The Labute approximate surface area is 114 Å². The van der Waals surface area contributed by atoms with Gasteiger partial charge in [0.2, 0.25) is 0 Å². The number of nitrogens with zero attached hydrogens (tertiary/aromatic N) is 3. The maximum Gasteiger partial charge on any atom is 0.257 e. The first-order chi connectivity index (χ1) is 9.22. The predicted molar refractivity (Wildman–Crippen MR) is 76.4 cm³/mol. The van der Waals surface area contributed by atoms with Crippen molar-refractivity contribution in [2.75, 3.05) is 45.6 Å². The molecule has 2 rings (SSSR count). The summed E-state index contributed by atoms with van der Waals surface area (Å²) in [6.07, 6.45) is 5.88. The molecule has 0 unspecified atom stereocenters. The van der Waals surface area contributed by atoms with Crippen LogP contribution >= 0.6 is 0 Å². The van der Waals surface area contributed by atoms with Gasteiger partial charge in [-0.25, -0.2) is 0 Å². The van der Waals surface area contributed by atoms with E-state index in [2.05, 4.69) is 15.2 Å². The number of pyridine rings is 1. The molecule has 0 radical (unpaired) electrons. The van der Waals surface area contributed by atoms with E-state index in [1.807, 2.05) is 20.2 Å². The minimum Gasteiger partial charge on any atom is -0.387 e. The third-order valence-corrected chi connectivity index (χ3v) is 3.62. The summed E-state index contributed by atoms with van der Waals surface area (Å²) in [6.45, 7) is 4.04. The van der Waals surface area contributed by atoms with Gasteiger partial charge in [-0.15, -0.1) is 0 Å². The van der Waals surface area contributed by atoms with E-state index >= 15 is 0 Å². The Bertz CT molecular complexity index is 429. The molecule has 5 nitrogen and oxygen atoms in total. The molecule has 0 bridgehead atoms. The van der Waals surface area contributed by atoms with Gasteiger partial charge in [0.05, 0.1) is 5.56 Å². The summed E-state index contributed by atoms with van der Waals surface area (Å²) in [5, 5.41) is 3.03. The number of carbonyl (C=O) groups is 1. The Morgan fingerprint density at radius 1 is 1.47 bits per heavy atom. The number of hydrogen-bond donors (Lipinski definition) is 1. The van der Waals surface area contributed by atoms with Gasteiger partial charge < -0.3 is 15.1 Å². The monoisotopic (exact) mass is 262 g/mol. The van der Waals surface area contributed by atoms with E-state index in [4.69, 9.17) is 0 Å². The van der Waals surface area contributed by atoms with Crippen molar-refractivity contribution in [3.8, 4) is 0 Å². The highest BCUT2D eigenvalue weighted by molar-refractivity contribution is 5.99. The summed E-state index contributed by atoms with van der Waals surface area (Å²) in [5.74, 6) is 0.0247. The van der Waals surface area contributed by atoms with Crippen molar-refractivity contribution in [3.05, 3.63) is 24.0 Å². The van der Waals surface area contributed by atoms with E-state index in [1.165, 1.54) is 12.8 Å². The van der Waals surface area contributed by atoms with Crippen LogP contribution in [-0.4, -0.2) is 61.0 Å². The van der Waals surface area contributed by atoms with Gasteiger partial charge >= 0.3 is 0 Å². The molecule has 1 amide bonds. The molecule has 0 aromatic carbocycles. The first-order valence-electron chi connectivity index (χ1n) is 6.82. The second kappa shape index (κ2) is 6.52. The average molecular weight is 262 g/mol. The van der Waals surface area contributed by atoms with Crippen molar-refractivity contribution in [3.63, 3.8) is 0 Å². The second-order valence-corrected chi connectivity index (χ2v) is 4.95. The van der Waals surface area contributed by atoms with Crippen LogP contribution in [0.25, 0.3) is 0 Å². The minimum atomic E-state index is 0.0247. The Morgan fingerprint density at radius 2 is 2.21 bits per heavy atom. The number of likely N-dealkylation sites (N-methyl/N-ethyl adjacent to an activating group) is 1. The summed E-state index contributed by atoms with van der Waals surface area (Å²) < 4.78 is 0. The average Bonchev–Trinajstić information content (AvgIpc) is 2.97. The lowest BCUT2D eigenvalue weighted by Crippen LogP contribution is -2.35. The fraction of sp³-hybridized carbons (Fsp3) is 0.571. The minimum absolute atomic E-state index is 0.0247. The van der Waals surface area contributed by atoms with Crippen molar-refractivity contribution < 1.29 is 4.79 Å². The quantitative estimate of drug-likeness (QED) is 0.868. The molecule has 104 valence electrons. The molecule has 1 N–H and O–H groups in total. The molecule has 2 heterocycles. The maximum atomic E-state index is 12.4. The Morgan fingerprint density at radius 3 is 2.89 bits per heavy atom. The van der Waals surface area contributed by atoms with E-state index < -0.39 is 0 Å². The zero-order valence-electron chi connectivity index (χ0n) is 11.7. The van der Waals surface area contributed by atoms with Gasteiger partial charge in [-0.2, -0.15) is 0 Å². The molecule has 19 heavy (non-hydrogen) atoms. The molecule has 0 saturated carbocycles. The molecule has 1 aliphatic heterocycles. The largest absolute Gasteiger partial charge is 0.387 e. The molecular formula is C14H22N4O. The third kappa shape index (κ3) is 3.44. The van der Waals surface area contributed by atoms with Crippen molar-refractivity contribution in [1.29, 1.82) is 0 Å². The van der Waals surface area contributed by atoms with Crippen molar-refractivity contribution in [2.45, 2.75) is 12.8 Å². The third-order valence-electron chi connectivity index (χ3n) is 3.62. The Balaban J connectivity index is 1.94. The molecule has 0 aliphatic carbocycles. The van der Waals surface area contributed by atoms with Crippen LogP contribution < -0.4 is 5.32 Å². The first kappa shape index (κ1) is 13.8. The van der Waals surface area contributed by atoms with E-state index in [0.717, 1.165) is 31.9 Å². The molecule has 1 saturated heterocycles. The molecule has 1 aliphatic rings. The van der Waals surface area contributed by atoms with Crippen LogP contribution in [0.3, 0.4) is 0 Å². The van der Waals surface area contributed by atoms with Gasteiger partial charge in [-0.1, -0.05) is 0 Å². The normalized spacial score (nSPS) is 15.5. The summed E-state index contributed by atoms with van der Waals surface area (Å²) in [5.41, 5.74) is 1.46. The Kier molecular flexibility index (Phi) is 4.74. The highest BCUT2D eigenvalue weighted by Gasteiger charge is 2.17. The molecular weight excluding hydrogens is 240 g/mol. The van der Waals surface area contributed by atoms with Crippen LogP contribution in [0, 0.1) is 0 Å². The van der Waals surface area contributed by atoms with Crippen molar-refractivity contribution in [2.24, 2.45) is 0 Å². The summed E-state index contributed by atoms with van der Waals surface area (Å²) in [6, 6.07) is 1.82. The van der Waals surface area contributed by atoms with Crippen molar-refractivity contribution >= 4 is 11.6 Å². The zero-order valence-corrected chi connectivity index (χ0v) is 11.7. The molecule has 5 heteroatoms.